The first kappa shape index (κ1) is 23.3. The molecule has 0 radical (unpaired) electrons. The van der Waals surface area contributed by atoms with Crippen LogP contribution in [0.25, 0.3) is 40.0 Å². The van der Waals surface area contributed by atoms with Crippen molar-refractivity contribution in [2.45, 2.75) is 0 Å². The summed E-state index contributed by atoms with van der Waals surface area (Å²) in [5.74, 6) is -0.985. The zero-order chi connectivity index (χ0) is 26.1. The number of pyridine rings is 1. The van der Waals surface area contributed by atoms with E-state index in [1.807, 2.05) is 34.9 Å². The van der Waals surface area contributed by atoms with Crippen molar-refractivity contribution < 1.29 is 14.6 Å². The summed E-state index contributed by atoms with van der Waals surface area (Å²) in [6.45, 7) is 2.84. The summed E-state index contributed by atoms with van der Waals surface area (Å²) in [6, 6.07) is 20.1. The van der Waals surface area contributed by atoms with E-state index in [9.17, 15) is 15.2 Å². The number of nitrogens with zero attached hydrogens (tertiary/aromatic N) is 6. The molecule has 1 fully saturated rings. The molecule has 0 spiro atoms. The van der Waals surface area contributed by atoms with Gasteiger partial charge in [-0.05, 0) is 54.6 Å². The van der Waals surface area contributed by atoms with Crippen LogP contribution in [0.2, 0.25) is 0 Å². The fourth-order valence-electron chi connectivity index (χ4n) is 4.71. The Hall–Kier alpha value is -5.07. The minimum atomic E-state index is -0.985. The maximum atomic E-state index is 11.6. The number of carboxylic acids is 1. The maximum absolute atomic E-state index is 11.6. The van der Waals surface area contributed by atoms with Gasteiger partial charge in [0, 0.05) is 24.0 Å². The molecule has 5 aromatic rings. The largest absolute Gasteiger partial charge is 0.478 e. The molecule has 0 saturated carbocycles. The Balaban J connectivity index is 1.47. The van der Waals surface area contributed by atoms with Crippen molar-refractivity contribution in [3.63, 3.8) is 0 Å². The molecule has 9 nitrogen and oxygen atoms in total. The van der Waals surface area contributed by atoms with Gasteiger partial charge in [0.15, 0.2) is 5.65 Å². The monoisotopic (exact) mass is 502 g/mol. The third-order valence-electron chi connectivity index (χ3n) is 6.56. The highest BCUT2D eigenvalue weighted by Crippen LogP contribution is 2.31. The highest BCUT2D eigenvalue weighted by molar-refractivity contribution is 6.02. The molecule has 4 heterocycles. The van der Waals surface area contributed by atoms with Crippen LogP contribution >= 0.6 is 0 Å². The van der Waals surface area contributed by atoms with E-state index in [1.54, 1.807) is 48.7 Å². The summed E-state index contributed by atoms with van der Waals surface area (Å²) in [5.41, 5.74) is 6.14. The number of aromatic carboxylic acids is 1. The third kappa shape index (κ3) is 4.23. The maximum Gasteiger partial charge on any atom is 0.336 e. The molecular formula is C29H22N6O3. The highest BCUT2D eigenvalue weighted by atomic mass is 16.5. The molecule has 9 heteroatoms. The third-order valence-corrected chi connectivity index (χ3v) is 6.56. The van der Waals surface area contributed by atoms with Crippen LogP contribution in [-0.2, 0) is 4.74 Å². The number of aromatic nitrogens is 4. The van der Waals surface area contributed by atoms with Crippen LogP contribution in [0.4, 0.5) is 5.69 Å². The number of imidazole rings is 1. The molecule has 0 bridgehead atoms. The van der Waals surface area contributed by atoms with E-state index in [0.717, 1.165) is 35.7 Å². The van der Waals surface area contributed by atoms with Crippen LogP contribution in [0.15, 0.2) is 66.9 Å². The molecule has 1 aliphatic heterocycles. The van der Waals surface area contributed by atoms with Gasteiger partial charge in [-0.15, -0.1) is 0 Å². The molecule has 1 N–H and O–H groups in total. The van der Waals surface area contributed by atoms with Gasteiger partial charge in [0.1, 0.15) is 5.69 Å². The van der Waals surface area contributed by atoms with Gasteiger partial charge in [0.05, 0.1) is 59.2 Å². The Morgan fingerprint density at radius 1 is 1.00 bits per heavy atom. The second-order valence-corrected chi connectivity index (χ2v) is 8.83. The highest BCUT2D eigenvalue weighted by Gasteiger charge is 2.20. The van der Waals surface area contributed by atoms with Gasteiger partial charge in [-0.1, -0.05) is 18.2 Å². The van der Waals surface area contributed by atoms with Gasteiger partial charge in [-0.25, -0.2) is 19.3 Å². The summed E-state index contributed by atoms with van der Waals surface area (Å²) in [6.07, 6.45) is 5.52. The van der Waals surface area contributed by atoms with Crippen LogP contribution in [0.1, 0.15) is 27.3 Å². The molecular weight excluding hydrogens is 480 g/mol. The lowest BCUT2D eigenvalue weighted by atomic mass is 10.1. The van der Waals surface area contributed by atoms with Gasteiger partial charge in [-0.2, -0.15) is 10.4 Å². The average molecular weight is 503 g/mol. The first-order chi connectivity index (χ1) is 18.6. The van der Waals surface area contributed by atoms with Gasteiger partial charge >= 0.3 is 5.97 Å². The molecule has 1 aliphatic rings. The number of anilines is 1. The first-order valence-electron chi connectivity index (χ1n) is 12.1. The van der Waals surface area contributed by atoms with E-state index in [0.29, 0.717) is 41.1 Å². The molecule has 0 atom stereocenters. The lowest BCUT2D eigenvalue weighted by Crippen LogP contribution is -2.36. The van der Waals surface area contributed by atoms with Crippen LogP contribution in [0, 0.1) is 11.3 Å². The Morgan fingerprint density at radius 2 is 1.82 bits per heavy atom. The van der Waals surface area contributed by atoms with E-state index >= 15 is 0 Å². The molecule has 2 aromatic carbocycles. The van der Waals surface area contributed by atoms with Gasteiger partial charge < -0.3 is 14.7 Å². The van der Waals surface area contributed by atoms with Crippen molar-refractivity contribution in [1.29, 1.82) is 5.26 Å². The standard InChI is InChI=1S/C29H22N6O3/c30-18-19-4-6-20(7-5-19)27-25(33-28-26(12-13-31-35(27)28)34-14-16-38-17-15-34)11-9-21-8-10-22-23(29(36)37)2-1-3-24(22)32-21/h1-13H,14-17H2,(H,36,37). The van der Waals surface area contributed by atoms with Gasteiger partial charge in [0.25, 0.3) is 0 Å². The number of benzene rings is 2. The Kier molecular flexibility index (Phi) is 6.00. The SMILES string of the molecule is N#Cc1ccc(-c2c(C=Cc3ccc4c(C(=O)O)cccc4n3)nc3c(N4CCOCC4)ccnn23)cc1. The number of morpholine rings is 1. The minimum absolute atomic E-state index is 0.218. The molecule has 186 valence electrons. The number of ether oxygens (including phenoxy) is 1. The summed E-state index contributed by atoms with van der Waals surface area (Å²) >= 11 is 0. The predicted octanol–water partition coefficient (Wildman–Crippen LogP) is 4.52. The molecule has 6 rings (SSSR count). The molecule has 0 aliphatic carbocycles. The summed E-state index contributed by atoms with van der Waals surface area (Å²) < 4.78 is 7.36. The number of carbonyl (C=O) groups is 1. The number of hydrogen-bond donors (Lipinski definition) is 1. The average Bonchev–Trinajstić information content (AvgIpc) is 3.34. The van der Waals surface area contributed by atoms with E-state index in [2.05, 4.69) is 21.1 Å². The Morgan fingerprint density at radius 3 is 2.58 bits per heavy atom. The lowest BCUT2D eigenvalue weighted by Gasteiger charge is -2.28. The molecule has 0 unspecified atom stereocenters. The van der Waals surface area contributed by atoms with Gasteiger partial charge in [-0.3, -0.25) is 0 Å². The minimum Gasteiger partial charge on any atom is -0.478 e. The van der Waals surface area contributed by atoms with E-state index in [-0.39, 0.29) is 5.56 Å². The van der Waals surface area contributed by atoms with Crippen LogP contribution < -0.4 is 4.90 Å². The second-order valence-electron chi connectivity index (χ2n) is 8.83. The smallest absolute Gasteiger partial charge is 0.336 e. The molecule has 38 heavy (non-hydrogen) atoms. The van der Waals surface area contributed by atoms with Crippen LogP contribution in [0.3, 0.4) is 0 Å². The van der Waals surface area contributed by atoms with Gasteiger partial charge in [0.2, 0.25) is 0 Å². The second kappa shape index (κ2) is 9.76. The number of nitriles is 1. The van der Waals surface area contributed by atoms with Crippen molar-refractivity contribution in [3.8, 4) is 17.3 Å². The first-order valence-corrected chi connectivity index (χ1v) is 12.1. The van der Waals surface area contributed by atoms with Crippen molar-refractivity contribution in [2.24, 2.45) is 0 Å². The zero-order valence-electron chi connectivity index (χ0n) is 20.3. The quantitative estimate of drug-likeness (QED) is 0.373. The number of rotatable bonds is 5. The van der Waals surface area contributed by atoms with E-state index < -0.39 is 5.97 Å². The lowest BCUT2D eigenvalue weighted by molar-refractivity contribution is 0.0699. The molecule has 0 amide bonds. The Bertz CT molecular complexity index is 1740. The van der Waals surface area contributed by atoms with Crippen LogP contribution in [-0.4, -0.2) is 57.0 Å². The normalized spacial score (nSPS) is 13.8. The van der Waals surface area contributed by atoms with Crippen molar-refractivity contribution in [2.75, 3.05) is 31.2 Å². The summed E-state index contributed by atoms with van der Waals surface area (Å²) in [5, 5.41) is 23.9. The van der Waals surface area contributed by atoms with Crippen molar-refractivity contribution in [1.82, 2.24) is 19.6 Å². The Labute approximate surface area is 217 Å². The fraction of sp³-hybridized carbons (Fsp3) is 0.138. The zero-order valence-corrected chi connectivity index (χ0v) is 20.3. The number of carboxylic acid groups (broad SMARTS) is 1. The summed E-state index contributed by atoms with van der Waals surface area (Å²) in [7, 11) is 0. The number of hydrogen-bond acceptors (Lipinski definition) is 7. The van der Waals surface area contributed by atoms with E-state index in [1.165, 1.54) is 0 Å². The summed E-state index contributed by atoms with van der Waals surface area (Å²) in [4.78, 5) is 23.4. The molecule has 1 saturated heterocycles. The topological polar surface area (TPSA) is 117 Å². The van der Waals surface area contributed by atoms with E-state index in [4.69, 9.17) is 9.72 Å². The van der Waals surface area contributed by atoms with Crippen molar-refractivity contribution >= 4 is 40.4 Å². The molecule has 3 aromatic heterocycles. The van der Waals surface area contributed by atoms with Crippen LogP contribution in [0.5, 0.6) is 0 Å². The number of fused-ring (bicyclic) bond motifs is 2. The fourth-order valence-corrected chi connectivity index (χ4v) is 4.71. The predicted molar refractivity (Wildman–Crippen MR) is 144 cm³/mol. The van der Waals surface area contributed by atoms with Crippen molar-refractivity contribution in [3.05, 3.63) is 89.4 Å².